The van der Waals surface area contributed by atoms with Crippen LogP contribution >= 0.6 is 0 Å². The monoisotopic (exact) mass is 287 g/mol. The molecule has 3 heteroatoms. The van der Waals surface area contributed by atoms with Crippen molar-refractivity contribution in [2.24, 2.45) is 0 Å². The average Bonchev–Trinajstić information content (AvgIpc) is 2.62. The van der Waals surface area contributed by atoms with Gasteiger partial charge in [-0.25, -0.2) is 0 Å². The molecule has 0 N–H and O–H groups in total. The normalized spacial score (nSPS) is 10.2. The molecule has 1 aromatic heterocycles. The summed E-state index contributed by atoms with van der Waals surface area (Å²) in [7, 11) is 0. The Hall–Kier alpha value is -3.07. The van der Waals surface area contributed by atoms with E-state index in [1.165, 1.54) is 0 Å². The van der Waals surface area contributed by atoms with Crippen molar-refractivity contribution in [1.29, 1.82) is 0 Å². The molecule has 0 atom stereocenters. The Kier molecular flexibility index (Phi) is 3.88. The molecule has 0 saturated heterocycles. The van der Waals surface area contributed by atoms with Crippen LogP contribution < -0.4 is 0 Å². The van der Waals surface area contributed by atoms with Crippen molar-refractivity contribution >= 4 is 12.6 Å². The van der Waals surface area contributed by atoms with Crippen LogP contribution in [0.1, 0.15) is 20.7 Å². The quantitative estimate of drug-likeness (QED) is 0.680. The van der Waals surface area contributed by atoms with E-state index in [0.29, 0.717) is 11.1 Å². The highest BCUT2D eigenvalue weighted by atomic mass is 16.1. The number of aldehydes is 2. The molecule has 0 fully saturated rings. The Morgan fingerprint density at radius 3 is 2.05 bits per heavy atom. The van der Waals surface area contributed by atoms with Gasteiger partial charge in [-0.2, -0.15) is 0 Å². The third-order valence-corrected chi connectivity index (χ3v) is 3.41. The van der Waals surface area contributed by atoms with Crippen molar-refractivity contribution < 1.29 is 9.59 Å². The molecule has 0 spiro atoms. The van der Waals surface area contributed by atoms with E-state index in [2.05, 4.69) is 4.98 Å². The zero-order chi connectivity index (χ0) is 15.4. The molecule has 0 aliphatic rings. The molecule has 3 aromatic rings. The molecule has 0 aliphatic carbocycles. The number of hydrogen-bond acceptors (Lipinski definition) is 3. The van der Waals surface area contributed by atoms with Gasteiger partial charge in [0, 0.05) is 22.9 Å². The lowest BCUT2D eigenvalue weighted by molar-refractivity contribution is 0.112. The second kappa shape index (κ2) is 6.14. The van der Waals surface area contributed by atoms with E-state index in [9.17, 15) is 9.59 Å². The summed E-state index contributed by atoms with van der Waals surface area (Å²) in [5, 5.41) is 0. The summed E-state index contributed by atoms with van der Waals surface area (Å²) in [5.41, 5.74) is 4.62. The minimum absolute atomic E-state index is 0.489. The lowest BCUT2D eigenvalue weighted by atomic mass is 9.98. The molecule has 0 aliphatic heterocycles. The highest BCUT2D eigenvalue weighted by molar-refractivity contribution is 5.86. The standard InChI is InChI=1S/C19H13NO2/c21-12-14-8-15(13-22)10-18(9-14)16-4-3-5-17(11-16)19-6-1-2-7-20-19/h1-13H. The van der Waals surface area contributed by atoms with E-state index in [0.717, 1.165) is 35.0 Å². The summed E-state index contributed by atoms with van der Waals surface area (Å²) in [6, 6.07) is 18.7. The summed E-state index contributed by atoms with van der Waals surface area (Å²) in [5.74, 6) is 0. The molecular weight excluding hydrogens is 274 g/mol. The first-order valence-corrected chi connectivity index (χ1v) is 6.87. The Morgan fingerprint density at radius 1 is 0.682 bits per heavy atom. The second-order valence-electron chi connectivity index (χ2n) is 4.92. The van der Waals surface area contributed by atoms with E-state index < -0.39 is 0 Å². The van der Waals surface area contributed by atoms with Crippen molar-refractivity contribution in [1.82, 2.24) is 4.98 Å². The van der Waals surface area contributed by atoms with Crippen LogP contribution in [0.4, 0.5) is 0 Å². The van der Waals surface area contributed by atoms with Gasteiger partial charge >= 0.3 is 0 Å². The number of carbonyl (C=O) groups is 2. The summed E-state index contributed by atoms with van der Waals surface area (Å²) >= 11 is 0. The Labute approximate surface area is 128 Å². The second-order valence-corrected chi connectivity index (χ2v) is 4.92. The molecule has 22 heavy (non-hydrogen) atoms. The van der Waals surface area contributed by atoms with Gasteiger partial charge in [-0.3, -0.25) is 14.6 Å². The fourth-order valence-electron chi connectivity index (χ4n) is 2.37. The van der Waals surface area contributed by atoms with E-state index in [4.69, 9.17) is 0 Å². The molecule has 0 bridgehead atoms. The van der Waals surface area contributed by atoms with Crippen LogP contribution in [-0.4, -0.2) is 17.6 Å². The maximum Gasteiger partial charge on any atom is 0.150 e. The molecule has 0 saturated carbocycles. The molecule has 3 nitrogen and oxygen atoms in total. The van der Waals surface area contributed by atoms with Crippen molar-refractivity contribution in [3.05, 3.63) is 78.0 Å². The number of rotatable bonds is 4. The van der Waals surface area contributed by atoms with Crippen LogP contribution in [0.3, 0.4) is 0 Å². The first kappa shape index (κ1) is 13.9. The molecule has 106 valence electrons. The van der Waals surface area contributed by atoms with Gasteiger partial charge in [0.05, 0.1) is 5.69 Å². The molecule has 3 rings (SSSR count). The highest BCUT2D eigenvalue weighted by Crippen LogP contribution is 2.26. The average molecular weight is 287 g/mol. The Balaban J connectivity index is 2.09. The highest BCUT2D eigenvalue weighted by Gasteiger charge is 2.05. The third-order valence-electron chi connectivity index (χ3n) is 3.41. The smallest absolute Gasteiger partial charge is 0.150 e. The predicted octanol–water partition coefficient (Wildman–Crippen LogP) is 4.04. The SMILES string of the molecule is O=Cc1cc(C=O)cc(-c2cccc(-c3ccccn3)c2)c1. The van der Waals surface area contributed by atoms with Crippen LogP contribution in [0.2, 0.25) is 0 Å². The fourth-order valence-corrected chi connectivity index (χ4v) is 2.37. The van der Waals surface area contributed by atoms with Crippen LogP contribution in [-0.2, 0) is 0 Å². The van der Waals surface area contributed by atoms with Crippen LogP contribution in [0.5, 0.6) is 0 Å². The third kappa shape index (κ3) is 2.83. The van der Waals surface area contributed by atoms with E-state index in [1.807, 2.05) is 42.5 Å². The largest absolute Gasteiger partial charge is 0.298 e. The van der Waals surface area contributed by atoms with Gasteiger partial charge in [-0.15, -0.1) is 0 Å². The van der Waals surface area contributed by atoms with Gasteiger partial charge in [-0.1, -0.05) is 24.3 Å². The minimum atomic E-state index is 0.489. The van der Waals surface area contributed by atoms with Gasteiger partial charge < -0.3 is 0 Å². The first-order valence-electron chi connectivity index (χ1n) is 6.87. The molecule has 1 heterocycles. The summed E-state index contributed by atoms with van der Waals surface area (Å²) in [6.45, 7) is 0. The molecule has 2 aromatic carbocycles. The fraction of sp³-hybridized carbons (Fsp3) is 0. The Morgan fingerprint density at radius 2 is 1.41 bits per heavy atom. The lowest BCUT2D eigenvalue weighted by Gasteiger charge is -2.07. The van der Waals surface area contributed by atoms with E-state index in [1.54, 1.807) is 24.4 Å². The summed E-state index contributed by atoms with van der Waals surface area (Å²) in [4.78, 5) is 26.4. The van der Waals surface area contributed by atoms with Crippen molar-refractivity contribution in [3.63, 3.8) is 0 Å². The number of nitrogens with zero attached hydrogens (tertiary/aromatic N) is 1. The maximum absolute atomic E-state index is 11.0. The number of pyridine rings is 1. The van der Waals surface area contributed by atoms with Crippen LogP contribution in [0, 0.1) is 0 Å². The van der Waals surface area contributed by atoms with Gasteiger partial charge in [0.1, 0.15) is 12.6 Å². The van der Waals surface area contributed by atoms with Crippen molar-refractivity contribution in [2.75, 3.05) is 0 Å². The van der Waals surface area contributed by atoms with Crippen molar-refractivity contribution in [3.8, 4) is 22.4 Å². The zero-order valence-corrected chi connectivity index (χ0v) is 11.8. The van der Waals surface area contributed by atoms with Gasteiger partial charge in [-0.05, 0) is 47.5 Å². The van der Waals surface area contributed by atoms with Gasteiger partial charge in [0.25, 0.3) is 0 Å². The minimum Gasteiger partial charge on any atom is -0.298 e. The number of aromatic nitrogens is 1. The number of hydrogen-bond donors (Lipinski definition) is 0. The Bertz CT molecular complexity index is 800. The first-order chi connectivity index (χ1) is 10.8. The van der Waals surface area contributed by atoms with Crippen LogP contribution in [0.25, 0.3) is 22.4 Å². The molecule has 0 amide bonds. The van der Waals surface area contributed by atoms with Gasteiger partial charge in [0.2, 0.25) is 0 Å². The lowest BCUT2D eigenvalue weighted by Crippen LogP contribution is -1.89. The van der Waals surface area contributed by atoms with Crippen molar-refractivity contribution in [2.45, 2.75) is 0 Å². The molecule has 0 unspecified atom stereocenters. The van der Waals surface area contributed by atoms with Crippen LogP contribution in [0.15, 0.2) is 66.9 Å². The summed E-state index contributed by atoms with van der Waals surface area (Å²) in [6.07, 6.45) is 3.25. The molecular formula is C19H13NO2. The van der Waals surface area contributed by atoms with E-state index in [-0.39, 0.29) is 0 Å². The predicted molar refractivity (Wildman–Crippen MR) is 85.9 cm³/mol. The number of carbonyl (C=O) groups excluding carboxylic acids is 2. The summed E-state index contributed by atoms with van der Waals surface area (Å²) < 4.78 is 0. The van der Waals surface area contributed by atoms with Gasteiger partial charge in [0.15, 0.2) is 0 Å². The van der Waals surface area contributed by atoms with E-state index >= 15 is 0 Å². The number of benzene rings is 2. The molecule has 0 radical (unpaired) electrons. The maximum atomic E-state index is 11.0. The zero-order valence-electron chi connectivity index (χ0n) is 11.8. The topological polar surface area (TPSA) is 47.0 Å².